The number of nitrogens with one attached hydrogen (secondary N) is 1. The molecule has 1 aromatic heterocycles. The molecule has 2 aliphatic rings. The van der Waals surface area contributed by atoms with E-state index in [0.717, 1.165) is 50.0 Å². The molecule has 2 amide bonds. The van der Waals surface area contributed by atoms with E-state index in [1.807, 2.05) is 48.5 Å². The number of methoxy groups -OCH3 is 1. The number of aryl methyl sites for hydroxylation is 1. The number of benzene rings is 2. The standard InChI is InChI=1S/C29H31ClN4O3/c1-33(21-13-15-34(16-14-21)22-10-12-27(37-2)31-18-22)29(36)20-8-7-19-9-11-26(24(19)17-20)32-28(35)23-5-3-4-6-25(23)30/h3-8,10,12,17-18,21,26H,9,11,13-16H2,1-2H3,(H,32,35)/t26-/m1/s1. The number of hydrogen-bond donors (Lipinski definition) is 1. The summed E-state index contributed by atoms with van der Waals surface area (Å²) in [6, 6.07) is 16.8. The maximum absolute atomic E-state index is 13.4. The molecule has 192 valence electrons. The van der Waals surface area contributed by atoms with Crippen molar-refractivity contribution in [3.05, 3.63) is 88.1 Å². The minimum Gasteiger partial charge on any atom is -0.481 e. The Bertz CT molecular complexity index is 1290. The SMILES string of the molecule is COc1ccc(N2CCC(N(C)C(=O)c3ccc4c(c3)[C@H](NC(=O)c3ccccc3Cl)CC4)CC2)cn1. The summed E-state index contributed by atoms with van der Waals surface area (Å²) in [6.45, 7) is 1.72. The number of halogens is 1. The average Bonchev–Trinajstić information content (AvgIpc) is 3.34. The molecule has 2 heterocycles. The lowest BCUT2D eigenvalue weighted by atomic mass is 10.00. The van der Waals surface area contributed by atoms with Gasteiger partial charge in [-0.2, -0.15) is 0 Å². The third-order valence-corrected chi connectivity index (χ3v) is 7.85. The van der Waals surface area contributed by atoms with Gasteiger partial charge < -0.3 is 19.9 Å². The maximum atomic E-state index is 13.4. The normalized spacial score (nSPS) is 17.3. The van der Waals surface area contributed by atoms with E-state index < -0.39 is 0 Å². The monoisotopic (exact) mass is 518 g/mol. The molecule has 1 aliphatic heterocycles. The Hall–Kier alpha value is -3.58. The van der Waals surface area contributed by atoms with Gasteiger partial charge >= 0.3 is 0 Å². The number of pyridine rings is 1. The predicted octanol–water partition coefficient (Wildman–Crippen LogP) is 4.90. The number of carbonyl (C=O) groups is 2. The van der Waals surface area contributed by atoms with Crippen LogP contribution in [0.4, 0.5) is 5.69 Å². The fourth-order valence-electron chi connectivity index (χ4n) is 5.33. The van der Waals surface area contributed by atoms with Crippen LogP contribution < -0.4 is 15.0 Å². The second kappa shape index (κ2) is 10.8. The second-order valence-corrected chi connectivity index (χ2v) is 10.1. The molecule has 3 aromatic rings. The van der Waals surface area contributed by atoms with Gasteiger partial charge in [-0.1, -0.05) is 29.8 Å². The third kappa shape index (κ3) is 5.27. The Morgan fingerprint density at radius 3 is 2.57 bits per heavy atom. The molecule has 37 heavy (non-hydrogen) atoms. The molecule has 0 spiro atoms. The first-order valence-corrected chi connectivity index (χ1v) is 13.0. The first-order valence-electron chi connectivity index (χ1n) is 12.6. The molecular weight excluding hydrogens is 488 g/mol. The minimum atomic E-state index is -0.198. The Kier molecular flexibility index (Phi) is 7.33. The molecule has 0 bridgehead atoms. The van der Waals surface area contributed by atoms with Gasteiger partial charge in [-0.05, 0) is 67.1 Å². The summed E-state index contributed by atoms with van der Waals surface area (Å²) in [7, 11) is 3.50. The van der Waals surface area contributed by atoms with Crippen molar-refractivity contribution >= 4 is 29.1 Å². The van der Waals surface area contributed by atoms with Crippen molar-refractivity contribution < 1.29 is 14.3 Å². The van der Waals surface area contributed by atoms with Gasteiger partial charge in [0.2, 0.25) is 5.88 Å². The molecule has 1 N–H and O–H groups in total. The summed E-state index contributed by atoms with van der Waals surface area (Å²) in [5.74, 6) is 0.413. The van der Waals surface area contributed by atoms with E-state index in [9.17, 15) is 9.59 Å². The first kappa shape index (κ1) is 25.1. The Morgan fingerprint density at radius 2 is 1.86 bits per heavy atom. The van der Waals surface area contributed by atoms with Crippen molar-refractivity contribution in [3.8, 4) is 5.88 Å². The van der Waals surface area contributed by atoms with Gasteiger partial charge in [-0.15, -0.1) is 0 Å². The minimum absolute atomic E-state index is 0.00967. The largest absolute Gasteiger partial charge is 0.481 e. The Labute approximate surface area is 222 Å². The van der Waals surface area contributed by atoms with Gasteiger partial charge in [-0.25, -0.2) is 4.98 Å². The highest BCUT2D eigenvalue weighted by molar-refractivity contribution is 6.33. The number of ether oxygens (including phenoxy) is 1. The fourth-order valence-corrected chi connectivity index (χ4v) is 5.55. The van der Waals surface area contributed by atoms with Crippen LogP contribution >= 0.6 is 11.6 Å². The first-order chi connectivity index (χ1) is 17.9. The van der Waals surface area contributed by atoms with Crippen LogP contribution in [-0.4, -0.2) is 55.0 Å². The molecule has 0 unspecified atom stereocenters. The van der Waals surface area contributed by atoms with Crippen LogP contribution in [0.1, 0.15) is 57.1 Å². The number of aromatic nitrogens is 1. The number of fused-ring (bicyclic) bond motifs is 1. The summed E-state index contributed by atoms with van der Waals surface area (Å²) in [5, 5.41) is 3.54. The summed E-state index contributed by atoms with van der Waals surface area (Å²) in [4.78, 5) is 34.8. The van der Waals surface area contributed by atoms with Gasteiger partial charge in [0, 0.05) is 37.8 Å². The van der Waals surface area contributed by atoms with Crippen molar-refractivity contribution in [2.24, 2.45) is 0 Å². The Morgan fingerprint density at radius 1 is 1.08 bits per heavy atom. The van der Waals surface area contributed by atoms with E-state index >= 15 is 0 Å². The van der Waals surface area contributed by atoms with Gasteiger partial charge in [0.05, 0.1) is 35.6 Å². The van der Waals surface area contributed by atoms with Gasteiger partial charge in [0.1, 0.15) is 0 Å². The lowest BCUT2D eigenvalue weighted by Crippen LogP contribution is -2.45. The predicted molar refractivity (Wildman–Crippen MR) is 145 cm³/mol. The van der Waals surface area contributed by atoms with E-state index in [1.165, 1.54) is 5.56 Å². The lowest BCUT2D eigenvalue weighted by Gasteiger charge is -2.37. The molecule has 1 aliphatic carbocycles. The lowest BCUT2D eigenvalue weighted by molar-refractivity contribution is 0.0709. The zero-order valence-corrected chi connectivity index (χ0v) is 21.9. The highest BCUT2D eigenvalue weighted by Crippen LogP contribution is 2.33. The third-order valence-electron chi connectivity index (χ3n) is 7.52. The van der Waals surface area contributed by atoms with E-state index in [1.54, 1.807) is 31.4 Å². The molecule has 2 aromatic carbocycles. The van der Waals surface area contributed by atoms with Crippen LogP contribution in [0.3, 0.4) is 0 Å². The zero-order chi connectivity index (χ0) is 25.9. The number of hydrogen-bond acceptors (Lipinski definition) is 5. The summed E-state index contributed by atoms with van der Waals surface area (Å²) >= 11 is 6.21. The molecular formula is C29H31ClN4O3. The van der Waals surface area contributed by atoms with Gasteiger partial charge in [0.25, 0.3) is 11.8 Å². The highest BCUT2D eigenvalue weighted by atomic mass is 35.5. The summed E-state index contributed by atoms with van der Waals surface area (Å²) in [6.07, 6.45) is 5.27. The summed E-state index contributed by atoms with van der Waals surface area (Å²) < 4.78 is 5.15. The van der Waals surface area contributed by atoms with E-state index in [2.05, 4.69) is 15.2 Å². The van der Waals surface area contributed by atoms with E-state index in [0.29, 0.717) is 22.0 Å². The van der Waals surface area contributed by atoms with Crippen LogP contribution in [0.15, 0.2) is 60.8 Å². The van der Waals surface area contributed by atoms with E-state index in [-0.39, 0.29) is 23.9 Å². The zero-order valence-electron chi connectivity index (χ0n) is 21.1. The molecule has 1 fully saturated rings. The molecule has 1 atom stereocenters. The Balaban J connectivity index is 1.23. The van der Waals surface area contributed by atoms with Crippen molar-refractivity contribution in [1.29, 1.82) is 0 Å². The molecule has 0 radical (unpaired) electrons. The quantitative estimate of drug-likeness (QED) is 0.502. The number of rotatable bonds is 6. The molecule has 8 heteroatoms. The molecule has 5 rings (SSSR count). The fraction of sp³-hybridized carbons (Fsp3) is 0.345. The topological polar surface area (TPSA) is 74.8 Å². The smallest absolute Gasteiger partial charge is 0.253 e. The van der Waals surface area contributed by atoms with Gasteiger partial charge in [0.15, 0.2) is 0 Å². The number of amides is 2. The molecule has 1 saturated heterocycles. The van der Waals surface area contributed by atoms with Crippen molar-refractivity contribution in [1.82, 2.24) is 15.2 Å². The average molecular weight is 519 g/mol. The molecule has 7 nitrogen and oxygen atoms in total. The van der Waals surface area contributed by atoms with Crippen LogP contribution in [-0.2, 0) is 6.42 Å². The van der Waals surface area contributed by atoms with Crippen molar-refractivity contribution in [2.45, 2.75) is 37.8 Å². The second-order valence-electron chi connectivity index (χ2n) is 9.65. The van der Waals surface area contributed by atoms with Gasteiger partial charge in [-0.3, -0.25) is 9.59 Å². The number of carbonyl (C=O) groups excluding carboxylic acids is 2. The number of piperidine rings is 1. The highest BCUT2D eigenvalue weighted by Gasteiger charge is 2.29. The molecule has 0 saturated carbocycles. The van der Waals surface area contributed by atoms with Crippen LogP contribution in [0, 0.1) is 0 Å². The number of anilines is 1. The van der Waals surface area contributed by atoms with E-state index in [4.69, 9.17) is 16.3 Å². The summed E-state index contributed by atoms with van der Waals surface area (Å²) in [5.41, 5.74) is 4.37. The van der Waals surface area contributed by atoms with Crippen molar-refractivity contribution in [3.63, 3.8) is 0 Å². The van der Waals surface area contributed by atoms with Crippen molar-refractivity contribution in [2.75, 3.05) is 32.1 Å². The van der Waals surface area contributed by atoms with Crippen LogP contribution in [0.2, 0.25) is 5.02 Å². The van der Waals surface area contributed by atoms with Crippen LogP contribution in [0.25, 0.3) is 0 Å². The number of nitrogens with zero attached hydrogens (tertiary/aromatic N) is 3. The maximum Gasteiger partial charge on any atom is 0.253 e. The van der Waals surface area contributed by atoms with Crippen LogP contribution in [0.5, 0.6) is 5.88 Å².